The van der Waals surface area contributed by atoms with Crippen LogP contribution in [0.4, 0.5) is 11.5 Å². The molecule has 1 aromatic heterocycles. The fourth-order valence-electron chi connectivity index (χ4n) is 4.89. The summed E-state index contributed by atoms with van der Waals surface area (Å²) in [6, 6.07) is 17.1. The number of hydrogen-bond donors (Lipinski definition) is 0. The van der Waals surface area contributed by atoms with Crippen molar-refractivity contribution in [1.82, 2.24) is 14.9 Å². The second-order valence-electron chi connectivity index (χ2n) is 9.53. The molecule has 0 unspecified atom stereocenters. The lowest BCUT2D eigenvalue weighted by atomic mass is 9.96. The smallest absolute Gasteiger partial charge is 0.227 e. The van der Waals surface area contributed by atoms with Crippen molar-refractivity contribution in [2.24, 2.45) is 5.92 Å². The van der Waals surface area contributed by atoms with E-state index in [0.29, 0.717) is 6.54 Å². The van der Waals surface area contributed by atoms with Gasteiger partial charge in [-0.2, -0.15) is 0 Å². The van der Waals surface area contributed by atoms with Gasteiger partial charge in [-0.25, -0.2) is 9.97 Å². The summed E-state index contributed by atoms with van der Waals surface area (Å²) >= 11 is 1.64. The maximum absolute atomic E-state index is 13.5. The highest BCUT2D eigenvalue weighted by Gasteiger charge is 2.32. The molecule has 0 N–H and O–H groups in total. The molecule has 0 radical (unpaired) electrons. The van der Waals surface area contributed by atoms with Crippen LogP contribution in [0.15, 0.2) is 70.8 Å². The zero-order valence-corrected chi connectivity index (χ0v) is 21.4. The minimum Gasteiger partial charge on any atom is -0.368 e. The number of aryl methyl sites for hydroxylation is 2. The fourth-order valence-corrected chi connectivity index (χ4v) is 5.78. The van der Waals surface area contributed by atoms with E-state index in [0.717, 1.165) is 61.3 Å². The van der Waals surface area contributed by atoms with Gasteiger partial charge in [0, 0.05) is 62.2 Å². The monoisotopic (exact) mass is 487 g/mol. The van der Waals surface area contributed by atoms with Crippen molar-refractivity contribution < 1.29 is 4.79 Å². The lowest BCUT2D eigenvalue weighted by molar-refractivity contribution is -0.136. The van der Waals surface area contributed by atoms with Gasteiger partial charge in [0.05, 0.1) is 5.92 Å². The molecule has 2 aliphatic heterocycles. The second-order valence-corrected chi connectivity index (χ2v) is 10.6. The first-order chi connectivity index (χ1) is 17.1. The Labute approximate surface area is 212 Å². The summed E-state index contributed by atoms with van der Waals surface area (Å²) in [6.07, 6.45) is 5.43. The summed E-state index contributed by atoms with van der Waals surface area (Å²) in [5.41, 5.74) is 3.76. The van der Waals surface area contributed by atoms with Gasteiger partial charge in [-0.05, 0) is 51.0 Å². The maximum atomic E-state index is 13.5. The number of carbonyl (C=O) groups is 1. The minimum absolute atomic E-state index is 0.00825. The quantitative estimate of drug-likeness (QED) is 0.515. The molecule has 0 spiro atoms. The van der Waals surface area contributed by atoms with E-state index in [1.165, 1.54) is 16.8 Å². The Bertz CT molecular complexity index is 1140. The predicted molar refractivity (Wildman–Crippen MR) is 142 cm³/mol. The molecule has 5 rings (SSSR count). The van der Waals surface area contributed by atoms with Crippen LogP contribution in [0.25, 0.3) is 0 Å². The molecule has 2 aliphatic rings. The van der Waals surface area contributed by atoms with Gasteiger partial charge in [0.2, 0.25) is 5.91 Å². The van der Waals surface area contributed by atoms with Gasteiger partial charge in [-0.3, -0.25) is 4.79 Å². The van der Waals surface area contributed by atoms with Crippen molar-refractivity contribution >= 4 is 29.2 Å². The Hall–Kier alpha value is -3.06. The topological polar surface area (TPSA) is 52.6 Å². The first-order valence-electron chi connectivity index (χ1n) is 12.5. The van der Waals surface area contributed by atoms with Crippen LogP contribution in [0.3, 0.4) is 0 Å². The molecule has 0 aliphatic carbocycles. The molecule has 3 heterocycles. The van der Waals surface area contributed by atoms with E-state index in [9.17, 15) is 4.79 Å². The number of piperazine rings is 1. The average molecular weight is 488 g/mol. The summed E-state index contributed by atoms with van der Waals surface area (Å²) in [7, 11) is 0. The van der Waals surface area contributed by atoms with Crippen LogP contribution in [-0.2, 0) is 4.79 Å². The molecule has 2 aromatic carbocycles. The molecular weight excluding hydrogens is 454 g/mol. The Balaban J connectivity index is 1.22. The Morgan fingerprint density at radius 1 is 0.829 bits per heavy atom. The number of anilines is 2. The van der Waals surface area contributed by atoms with E-state index in [1.54, 1.807) is 24.2 Å². The van der Waals surface area contributed by atoms with Crippen molar-refractivity contribution in [2.45, 2.75) is 36.6 Å². The third-order valence-corrected chi connectivity index (χ3v) is 7.93. The normalized spacial score (nSPS) is 18.6. The highest BCUT2D eigenvalue weighted by Crippen LogP contribution is 2.34. The summed E-state index contributed by atoms with van der Waals surface area (Å²) in [6.45, 7) is 9.14. The molecule has 1 amide bonds. The molecule has 7 heteroatoms. The number of amides is 1. The minimum atomic E-state index is 0.00825. The van der Waals surface area contributed by atoms with E-state index >= 15 is 0 Å². The number of nitrogens with zero attached hydrogens (tertiary/aromatic N) is 5. The third kappa shape index (κ3) is 5.61. The second kappa shape index (κ2) is 10.7. The molecule has 35 heavy (non-hydrogen) atoms. The van der Waals surface area contributed by atoms with E-state index in [-0.39, 0.29) is 11.8 Å². The van der Waals surface area contributed by atoms with E-state index in [1.807, 2.05) is 0 Å². The number of benzene rings is 2. The maximum Gasteiger partial charge on any atom is 0.227 e. The largest absolute Gasteiger partial charge is 0.368 e. The zero-order valence-electron chi connectivity index (χ0n) is 20.6. The predicted octanol–water partition coefficient (Wildman–Crippen LogP) is 4.81. The van der Waals surface area contributed by atoms with Crippen LogP contribution >= 0.6 is 11.8 Å². The highest BCUT2D eigenvalue weighted by atomic mass is 32.2. The Morgan fingerprint density at radius 3 is 2.20 bits per heavy atom. The first kappa shape index (κ1) is 23.7. The third-order valence-electron chi connectivity index (χ3n) is 6.94. The molecule has 3 aromatic rings. The average Bonchev–Trinajstić information content (AvgIpc) is 2.90. The van der Waals surface area contributed by atoms with E-state index < -0.39 is 0 Å². The molecular formula is C28H33N5OS. The molecule has 182 valence electrons. The molecule has 0 bridgehead atoms. The van der Waals surface area contributed by atoms with Gasteiger partial charge < -0.3 is 14.7 Å². The summed E-state index contributed by atoms with van der Waals surface area (Å²) in [4.78, 5) is 30.6. The Kier molecular flexibility index (Phi) is 7.23. The van der Waals surface area contributed by atoms with Gasteiger partial charge in [0.1, 0.15) is 5.03 Å². The van der Waals surface area contributed by atoms with Crippen LogP contribution < -0.4 is 9.80 Å². The van der Waals surface area contributed by atoms with Gasteiger partial charge in [-0.1, -0.05) is 47.2 Å². The lowest BCUT2D eigenvalue weighted by Gasteiger charge is -2.40. The van der Waals surface area contributed by atoms with E-state index in [4.69, 9.17) is 0 Å². The fraction of sp³-hybridized carbons (Fsp3) is 0.393. The van der Waals surface area contributed by atoms with Crippen LogP contribution in [0.2, 0.25) is 0 Å². The molecule has 0 saturated carbocycles. The van der Waals surface area contributed by atoms with Gasteiger partial charge in [-0.15, -0.1) is 0 Å². The van der Waals surface area contributed by atoms with Crippen LogP contribution in [0.1, 0.15) is 24.0 Å². The number of piperidine rings is 1. The summed E-state index contributed by atoms with van der Waals surface area (Å²) < 4.78 is 0. The molecule has 1 atom stereocenters. The van der Waals surface area contributed by atoms with Gasteiger partial charge in [0.25, 0.3) is 0 Å². The zero-order chi connectivity index (χ0) is 24.2. The van der Waals surface area contributed by atoms with E-state index in [2.05, 4.69) is 87.0 Å². The number of hydrogen-bond acceptors (Lipinski definition) is 6. The highest BCUT2D eigenvalue weighted by molar-refractivity contribution is 7.99. The van der Waals surface area contributed by atoms with Crippen molar-refractivity contribution in [3.8, 4) is 0 Å². The van der Waals surface area contributed by atoms with Crippen molar-refractivity contribution in [1.29, 1.82) is 0 Å². The standard InChI is InChI=1S/C28H33N5OS/c1-21-5-9-24(10-6-21)31-16-18-32(19-17-31)28(34)23-4-3-15-33(20-23)26-27(30-14-13-29-26)35-25-11-7-22(2)8-12-25/h5-14,23H,3-4,15-20H2,1-2H3/t23-/m0/s1. The number of aromatic nitrogens is 2. The van der Waals surface area contributed by atoms with Crippen LogP contribution in [-0.4, -0.2) is 60.0 Å². The summed E-state index contributed by atoms with van der Waals surface area (Å²) in [5.74, 6) is 1.18. The Morgan fingerprint density at radius 2 is 1.49 bits per heavy atom. The van der Waals surface area contributed by atoms with Crippen molar-refractivity contribution in [2.75, 3.05) is 49.1 Å². The lowest BCUT2D eigenvalue weighted by Crippen LogP contribution is -2.52. The van der Waals surface area contributed by atoms with Crippen LogP contribution in [0, 0.1) is 19.8 Å². The van der Waals surface area contributed by atoms with Crippen molar-refractivity contribution in [3.05, 3.63) is 72.1 Å². The number of carbonyl (C=O) groups excluding carboxylic acids is 1. The van der Waals surface area contributed by atoms with Gasteiger partial charge in [0.15, 0.2) is 5.82 Å². The SMILES string of the molecule is Cc1ccc(Sc2nccnc2N2CCC[C@H](C(=O)N3CCN(c4ccc(C)cc4)CC3)C2)cc1. The first-order valence-corrected chi connectivity index (χ1v) is 13.3. The number of rotatable bonds is 5. The summed E-state index contributed by atoms with van der Waals surface area (Å²) in [5, 5.41) is 0.899. The van der Waals surface area contributed by atoms with Crippen LogP contribution in [0.5, 0.6) is 0 Å². The molecule has 6 nitrogen and oxygen atoms in total. The van der Waals surface area contributed by atoms with Gasteiger partial charge >= 0.3 is 0 Å². The molecule has 2 fully saturated rings. The molecule has 2 saturated heterocycles. The van der Waals surface area contributed by atoms with Crippen molar-refractivity contribution in [3.63, 3.8) is 0 Å².